The molecule has 1 atom stereocenters. The molecule has 1 aromatic rings. The molecule has 0 amide bonds. The number of benzene rings is 1. The molecule has 1 unspecified atom stereocenters. The topological polar surface area (TPSA) is 15.3 Å². The predicted molar refractivity (Wildman–Crippen MR) is 91.6 cm³/mol. The second-order valence-electron chi connectivity index (χ2n) is 6.25. The third kappa shape index (κ3) is 4.82. The number of nitrogens with zero attached hydrogens (tertiary/aromatic N) is 1. The van der Waals surface area contributed by atoms with Crippen molar-refractivity contribution >= 4 is 0 Å². The van der Waals surface area contributed by atoms with Crippen molar-refractivity contribution in [3.63, 3.8) is 0 Å². The Balaban J connectivity index is 2.11. The van der Waals surface area contributed by atoms with E-state index in [0.29, 0.717) is 6.04 Å². The number of likely N-dealkylation sites (N-methyl/N-ethyl adjacent to an activating group) is 1. The fraction of sp³-hybridized carbons (Fsp3) is 0.684. The molecule has 1 aliphatic rings. The summed E-state index contributed by atoms with van der Waals surface area (Å²) in [6.45, 7) is 7.90. The zero-order valence-corrected chi connectivity index (χ0v) is 13.9. The van der Waals surface area contributed by atoms with Gasteiger partial charge in [-0.3, -0.25) is 4.90 Å². The number of rotatable bonds is 8. The Labute approximate surface area is 130 Å². The minimum atomic E-state index is 0.519. The third-order valence-corrected chi connectivity index (χ3v) is 4.76. The maximum absolute atomic E-state index is 3.65. The molecular weight excluding hydrogens is 256 g/mol. The zero-order chi connectivity index (χ0) is 14.9. The molecule has 1 N–H and O–H groups in total. The van der Waals surface area contributed by atoms with Crippen LogP contribution in [-0.4, -0.2) is 30.6 Å². The van der Waals surface area contributed by atoms with E-state index in [1.54, 1.807) is 0 Å². The first-order valence-corrected chi connectivity index (χ1v) is 8.88. The summed E-state index contributed by atoms with van der Waals surface area (Å²) in [4.78, 5) is 2.75. The molecule has 0 spiro atoms. The standard InChI is InChI=1S/C19H32N2/c1-3-15-20-16-19(17-11-7-5-8-12-17)21(4-2)18-13-9-6-10-14-18/h5,7-8,11-12,18-20H,3-4,6,9-10,13-16H2,1-2H3. The highest BCUT2D eigenvalue weighted by Crippen LogP contribution is 2.29. The Bertz CT molecular complexity index is 370. The minimum Gasteiger partial charge on any atom is -0.315 e. The first-order valence-electron chi connectivity index (χ1n) is 8.88. The van der Waals surface area contributed by atoms with Crippen LogP contribution >= 0.6 is 0 Å². The summed E-state index contributed by atoms with van der Waals surface area (Å²) in [5.41, 5.74) is 1.47. The van der Waals surface area contributed by atoms with Crippen LogP contribution in [0.1, 0.15) is 64.0 Å². The smallest absolute Gasteiger partial charge is 0.0475 e. The van der Waals surface area contributed by atoms with Crippen LogP contribution in [0.2, 0.25) is 0 Å². The molecule has 2 heteroatoms. The fourth-order valence-corrected chi connectivity index (χ4v) is 3.66. The van der Waals surface area contributed by atoms with Gasteiger partial charge in [0.05, 0.1) is 0 Å². The van der Waals surface area contributed by atoms with Crippen LogP contribution in [-0.2, 0) is 0 Å². The monoisotopic (exact) mass is 288 g/mol. The van der Waals surface area contributed by atoms with Gasteiger partial charge < -0.3 is 5.32 Å². The van der Waals surface area contributed by atoms with Crippen LogP contribution in [0.15, 0.2) is 30.3 Å². The summed E-state index contributed by atoms with van der Waals surface area (Å²) in [6, 6.07) is 12.4. The van der Waals surface area contributed by atoms with E-state index in [2.05, 4.69) is 54.4 Å². The highest BCUT2D eigenvalue weighted by Gasteiger charge is 2.27. The normalized spacial score (nSPS) is 18.0. The molecule has 118 valence electrons. The first kappa shape index (κ1) is 16.5. The van der Waals surface area contributed by atoms with E-state index in [4.69, 9.17) is 0 Å². The largest absolute Gasteiger partial charge is 0.315 e. The molecule has 0 radical (unpaired) electrons. The van der Waals surface area contributed by atoms with Gasteiger partial charge in [-0.05, 0) is 37.9 Å². The van der Waals surface area contributed by atoms with Crippen LogP contribution in [0.4, 0.5) is 0 Å². The van der Waals surface area contributed by atoms with E-state index >= 15 is 0 Å². The molecule has 0 bridgehead atoms. The first-order chi connectivity index (χ1) is 10.4. The van der Waals surface area contributed by atoms with Gasteiger partial charge in [0, 0.05) is 18.6 Å². The van der Waals surface area contributed by atoms with E-state index < -0.39 is 0 Å². The lowest BCUT2D eigenvalue weighted by Crippen LogP contribution is -2.43. The summed E-state index contributed by atoms with van der Waals surface area (Å²) >= 11 is 0. The zero-order valence-electron chi connectivity index (χ0n) is 13.9. The molecule has 21 heavy (non-hydrogen) atoms. The quantitative estimate of drug-likeness (QED) is 0.714. The van der Waals surface area contributed by atoms with Crippen molar-refractivity contribution in [1.29, 1.82) is 0 Å². The molecule has 1 saturated carbocycles. The average Bonchev–Trinajstić information content (AvgIpc) is 2.56. The lowest BCUT2D eigenvalue weighted by Gasteiger charge is -2.40. The highest BCUT2D eigenvalue weighted by atomic mass is 15.2. The summed E-state index contributed by atoms with van der Waals surface area (Å²) in [6.07, 6.45) is 8.21. The number of nitrogens with one attached hydrogen (secondary N) is 1. The third-order valence-electron chi connectivity index (χ3n) is 4.76. The second kappa shape index (κ2) is 9.22. The molecule has 0 saturated heterocycles. The molecule has 1 aromatic carbocycles. The van der Waals surface area contributed by atoms with E-state index in [1.165, 1.54) is 44.1 Å². The van der Waals surface area contributed by atoms with Gasteiger partial charge in [0.25, 0.3) is 0 Å². The Morgan fingerprint density at radius 2 is 1.81 bits per heavy atom. The van der Waals surface area contributed by atoms with E-state index in [-0.39, 0.29) is 0 Å². The Hall–Kier alpha value is -0.860. The lowest BCUT2D eigenvalue weighted by molar-refractivity contribution is 0.109. The van der Waals surface area contributed by atoms with Gasteiger partial charge in [-0.25, -0.2) is 0 Å². The van der Waals surface area contributed by atoms with Crippen LogP contribution in [0, 0.1) is 0 Å². The van der Waals surface area contributed by atoms with Crippen molar-refractivity contribution in [3.05, 3.63) is 35.9 Å². The molecule has 1 aliphatic carbocycles. The molecule has 2 nitrogen and oxygen atoms in total. The second-order valence-corrected chi connectivity index (χ2v) is 6.25. The minimum absolute atomic E-state index is 0.519. The fourth-order valence-electron chi connectivity index (χ4n) is 3.66. The Kier molecular flexibility index (Phi) is 7.25. The Morgan fingerprint density at radius 3 is 2.43 bits per heavy atom. The van der Waals surface area contributed by atoms with Crippen LogP contribution in [0.5, 0.6) is 0 Å². The molecule has 0 heterocycles. The average molecular weight is 288 g/mol. The van der Waals surface area contributed by atoms with E-state index in [9.17, 15) is 0 Å². The van der Waals surface area contributed by atoms with E-state index in [1.807, 2.05) is 0 Å². The van der Waals surface area contributed by atoms with Gasteiger partial charge in [-0.1, -0.05) is 63.4 Å². The summed E-state index contributed by atoms with van der Waals surface area (Å²) in [5, 5.41) is 3.65. The van der Waals surface area contributed by atoms with Crippen molar-refractivity contribution in [1.82, 2.24) is 10.2 Å². The van der Waals surface area contributed by atoms with E-state index in [0.717, 1.165) is 25.7 Å². The molecule has 2 rings (SSSR count). The SMILES string of the molecule is CCCNCC(c1ccccc1)N(CC)C1CCCCC1. The molecule has 1 fully saturated rings. The maximum Gasteiger partial charge on any atom is 0.0475 e. The van der Waals surface area contributed by atoms with Crippen molar-refractivity contribution in [2.75, 3.05) is 19.6 Å². The van der Waals surface area contributed by atoms with Crippen LogP contribution < -0.4 is 5.32 Å². The lowest BCUT2D eigenvalue weighted by atomic mass is 9.92. The van der Waals surface area contributed by atoms with Crippen molar-refractivity contribution in [2.24, 2.45) is 0 Å². The maximum atomic E-state index is 3.65. The number of hydrogen-bond donors (Lipinski definition) is 1. The molecular formula is C19H32N2. The van der Waals surface area contributed by atoms with Gasteiger partial charge in [0.2, 0.25) is 0 Å². The molecule has 0 aliphatic heterocycles. The summed E-state index contributed by atoms with van der Waals surface area (Å²) in [5.74, 6) is 0. The Morgan fingerprint density at radius 1 is 1.10 bits per heavy atom. The van der Waals surface area contributed by atoms with Gasteiger partial charge in [0.1, 0.15) is 0 Å². The van der Waals surface area contributed by atoms with Crippen LogP contribution in [0.3, 0.4) is 0 Å². The van der Waals surface area contributed by atoms with Gasteiger partial charge in [0.15, 0.2) is 0 Å². The highest BCUT2D eigenvalue weighted by molar-refractivity contribution is 5.19. The van der Waals surface area contributed by atoms with Crippen molar-refractivity contribution < 1.29 is 0 Å². The predicted octanol–water partition coefficient (Wildman–Crippen LogP) is 4.38. The van der Waals surface area contributed by atoms with Gasteiger partial charge >= 0.3 is 0 Å². The van der Waals surface area contributed by atoms with Crippen LogP contribution in [0.25, 0.3) is 0 Å². The van der Waals surface area contributed by atoms with Gasteiger partial charge in [-0.15, -0.1) is 0 Å². The van der Waals surface area contributed by atoms with Crippen molar-refractivity contribution in [2.45, 2.75) is 64.5 Å². The van der Waals surface area contributed by atoms with Crippen molar-refractivity contribution in [3.8, 4) is 0 Å². The summed E-state index contributed by atoms with van der Waals surface area (Å²) in [7, 11) is 0. The number of hydrogen-bond acceptors (Lipinski definition) is 2. The summed E-state index contributed by atoms with van der Waals surface area (Å²) < 4.78 is 0. The molecule has 0 aromatic heterocycles. The van der Waals surface area contributed by atoms with Gasteiger partial charge in [-0.2, -0.15) is 0 Å².